The lowest BCUT2D eigenvalue weighted by Gasteiger charge is -2.37. The number of para-hydroxylation sites is 4. The van der Waals surface area contributed by atoms with Crippen molar-refractivity contribution in [2.45, 2.75) is 57.4 Å². The van der Waals surface area contributed by atoms with Gasteiger partial charge in [0.1, 0.15) is 0 Å². The molecule has 0 saturated carbocycles. The van der Waals surface area contributed by atoms with Crippen LogP contribution in [0.5, 0.6) is 0 Å². The maximum Gasteiger partial charge on any atom is 0.282 e. The molecule has 1 aromatic heterocycles. The molecule has 10 nitrogen and oxygen atoms in total. The number of rotatable bonds is 20. The van der Waals surface area contributed by atoms with Crippen LogP contribution in [0.2, 0.25) is 0 Å². The van der Waals surface area contributed by atoms with E-state index in [4.69, 9.17) is 0 Å². The lowest BCUT2D eigenvalue weighted by atomic mass is 9.90. The second-order valence-corrected chi connectivity index (χ2v) is 20.7. The van der Waals surface area contributed by atoms with Crippen molar-refractivity contribution in [1.82, 2.24) is 15.2 Å². The Labute approximate surface area is 393 Å². The van der Waals surface area contributed by atoms with Crippen LogP contribution in [0, 0.1) is 0 Å². The van der Waals surface area contributed by atoms with Crippen molar-refractivity contribution in [2.24, 2.45) is 7.05 Å². The lowest BCUT2D eigenvalue weighted by molar-refractivity contribution is -0.647. The number of nitrogens with one attached hydrogen (secondary N) is 2. The summed E-state index contributed by atoms with van der Waals surface area (Å²) < 4.78 is 4.39. The first-order chi connectivity index (χ1) is 31.9. The Morgan fingerprint density at radius 1 is 0.785 bits per heavy atom. The van der Waals surface area contributed by atoms with Gasteiger partial charge in [-0.05, 0) is 133 Å². The zero-order valence-corrected chi connectivity index (χ0v) is 39.9. The number of likely N-dealkylation sites (N-methyl/N-ethyl adjacent to an activating group) is 1. The molecule has 4 aromatic carbocycles. The van der Waals surface area contributed by atoms with Crippen LogP contribution in [0.4, 0.5) is 22.7 Å². The maximum absolute atomic E-state index is 12.9. The molecule has 0 aliphatic carbocycles. The number of aromatic nitrogens is 2. The number of benzene rings is 4. The van der Waals surface area contributed by atoms with Gasteiger partial charge in [0.25, 0.3) is 11.7 Å². The largest absolute Gasteiger partial charge is 0.371 e. The third kappa shape index (κ3) is 10.5. The van der Waals surface area contributed by atoms with E-state index in [1.54, 1.807) is 21.6 Å². The van der Waals surface area contributed by atoms with E-state index in [-0.39, 0.29) is 11.9 Å². The molecule has 12 heteroatoms. The zero-order valence-electron chi connectivity index (χ0n) is 38.3. The van der Waals surface area contributed by atoms with Gasteiger partial charge in [0.15, 0.2) is 35.6 Å². The van der Waals surface area contributed by atoms with Gasteiger partial charge in [0.05, 0.1) is 12.7 Å². The number of aryl methyl sites for hydroxylation is 5. The van der Waals surface area contributed by atoms with Gasteiger partial charge in [-0.2, -0.15) is 0 Å². The number of amides is 1. The van der Waals surface area contributed by atoms with Gasteiger partial charge < -0.3 is 30.7 Å². The molecule has 0 bridgehead atoms. The van der Waals surface area contributed by atoms with Gasteiger partial charge in [-0.15, -0.1) is 0 Å². The summed E-state index contributed by atoms with van der Waals surface area (Å²) in [6, 6.07) is 25.9. The summed E-state index contributed by atoms with van der Waals surface area (Å²) in [5.41, 5.74) is 15.9. The Morgan fingerprint density at radius 3 is 2.02 bits per heavy atom. The molecule has 9 rings (SSSR count). The number of imidazole rings is 1. The summed E-state index contributed by atoms with van der Waals surface area (Å²) in [7, 11) is 7.77. The normalized spacial score (nSPS) is 16.0. The molecule has 65 heavy (non-hydrogen) atoms. The minimum atomic E-state index is -0.350. The van der Waals surface area contributed by atoms with Gasteiger partial charge in [0.2, 0.25) is 0 Å². The van der Waals surface area contributed by atoms with Crippen LogP contribution in [0.15, 0.2) is 78.9 Å². The molecule has 1 unspecified atom stereocenters. The quantitative estimate of drug-likeness (QED) is 0.0256. The van der Waals surface area contributed by atoms with Gasteiger partial charge in [-0.1, -0.05) is 58.0 Å². The topological polar surface area (TPSA) is 93.3 Å². The molecule has 5 heterocycles. The molecule has 0 spiro atoms. The van der Waals surface area contributed by atoms with Crippen molar-refractivity contribution in [3.63, 3.8) is 0 Å². The van der Waals surface area contributed by atoms with Crippen LogP contribution in [0.3, 0.4) is 0 Å². The van der Waals surface area contributed by atoms with Crippen molar-refractivity contribution >= 4 is 85.8 Å². The predicted molar refractivity (Wildman–Crippen MR) is 274 cm³/mol. The third-order valence-corrected chi connectivity index (χ3v) is 16.0. The SMILES string of the molecule is CN(CC=Cc1cc2c3c(c1)CCCN3CCC2)c1ccccc1[NH2+]CC(=O)NCCSSCCNCC(C=O)n1c(C=Cc2cc3c4c(c2)CCCN4CCC3)[n+](C)c2ccccc21. The molecule has 4 aliphatic heterocycles. The van der Waals surface area contributed by atoms with Crippen molar-refractivity contribution in [1.29, 1.82) is 0 Å². The molecular weight excluding hydrogens is 845 g/mol. The first-order valence-electron chi connectivity index (χ1n) is 23.9. The molecule has 4 aliphatic rings. The smallest absolute Gasteiger partial charge is 0.282 e. The van der Waals surface area contributed by atoms with E-state index < -0.39 is 0 Å². The van der Waals surface area contributed by atoms with E-state index in [2.05, 4.69) is 134 Å². The fraction of sp³-hybridized carbons (Fsp3) is 0.415. The van der Waals surface area contributed by atoms with Crippen LogP contribution < -0.4 is 35.2 Å². The van der Waals surface area contributed by atoms with Gasteiger partial charge in [-0.3, -0.25) is 9.59 Å². The third-order valence-electron chi connectivity index (χ3n) is 13.6. The van der Waals surface area contributed by atoms with Crippen molar-refractivity contribution in [2.75, 3.05) is 92.2 Å². The Bertz CT molecular complexity index is 2490. The predicted octanol–water partition coefficient (Wildman–Crippen LogP) is 6.91. The number of hydrogen-bond acceptors (Lipinski definition) is 8. The second kappa shape index (κ2) is 21.5. The standard InChI is InChI=1S/C53H64N8O2S2/c1-57(25-7-12-39-32-41-13-8-26-59-27-9-14-42(33-39)52(41)59)47-18-4-3-17-46(47)56-37-50(63)55-24-31-65-64-30-23-54-36-45(38-62)61-49-20-6-5-19-48(49)58(2)51(61)22-21-40-34-43-15-10-28-60-29-11-16-44(35-40)53(43)60/h3-7,12,17-22,32-35,38,45,54,56H,8-11,13-16,23-31,36-37H2,1-2H3/p+2. The highest BCUT2D eigenvalue weighted by atomic mass is 33.1. The van der Waals surface area contributed by atoms with E-state index >= 15 is 0 Å². The van der Waals surface area contributed by atoms with Crippen LogP contribution in [-0.4, -0.2) is 94.2 Å². The Kier molecular flexibility index (Phi) is 15.0. The number of carbonyl (C=O) groups excluding carboxylic acids is 2. The molecule has 0 fully saturated rings. The highest BCUT2D eigenvalue weighted by Gasteiger charge is 2.28. The number of carbonyl (C=O) groups is 2. The summed E-state index contributed by atoms with van der Waals surface area (Å²) in [5, 5.41) is 8.69. The number of quaternary nitrogens is 1. The summed E-state index contributed by atoms with van der Waals surface area (Å²) in [4.78, 5) is 33.0. The minimum Gasteiger partial charge on any atom is -0.371 e. The molecule has 1 atom stereocenters. The second-order valence-electron chi connectivity index (χ2n) is 18.0. The Balaban J connectivity index is 0.700. The number of fused-ring (bicyclic) bond motifs is 1. The lowest BCUT2D eigenvalue weighted by Crippen LogP contribution is -2.81. The first kappa shape index (κ1) is 45.2. The van der Waals surface area contributed by atoms with E-state index in [9.17, 15) is 9.59 Å². The number of aldehydes is 1. The molecule has 4 N–H and O–H groups in total. The van der Waals surface area contributed by atoms with Crippen LogP contribution in [-0.2, 0) is 42.3 Å². The fourth-order valence-electron chi connectivity index (χ4n) is 10.6. The Morgan fingerprint density at radius 2 is 1.37 bits per heavy atom. The van der Waals surface area contributed by atoms with E-state index in [0.717, 1.165) is 72.0 Å². The summed E-state index contributed by atoms with van der Waals surface area (Å²) in [6.07, 6.45) is 19.6. The first-order valence-corrected chi connectivity index (χ1v) is 26.4. The molecule has 5 aromatic rings. The molecule has 0 saturated heterocycles. The molecule has 1 amide bonds. The van der Waals surface area contributed by atoms with Crippen molar-refractivity contribution in [3.8, 4) is 0 Å². The van der Waals surface area contributed by atoms with E-state index in [0.29, 0.717) is 19.6 Å². The average molecular weight is 911 g/mol. The van der Waals surface area contributed by atoms with E-state index in [1.807, 2.05) is 17.4 Å². The number of nitrogens with two attached hydrogens (primary N) is 1. The van der Waals surface area contributed by atoms with Crippen LogP contribution in [0.1, 0.15) is 70.9 Å². The summed E-state index contributed by atoms with van der Waals surface area (Å²) in [5.74, 6) is 2.77. The highest BCUT2D eigenvalue weighted by molar-refractivity contribution is 8.76. The van der Waals surface area contributed by atoms with Gasteiger partial charge in [0, 0.05) is 94.4 Å². The fourth-order valence-corrected chi connectivity index (χ4v) is 12.4. The maximum atomic E-state index is 12.9. The number of anilines is 3. The van der Waals surface area contributed by atoms with Crippen LogP contribution >= 0.6 is 21.6 Å². The summed E-state index contributed by atoms with van der Waals surface area (Å²) in [6.45, 7) is 7.83. The minimum absolute atomic E-state index is 0.0356. The highest BCUT2D eigenvalue weighted by Crippen LogP contribution is 2.38. The molecular formula is C53H66N8O2S2+2. The molecule has 340 valence electrons. The van der Waals surface area contributed by atoms with E-state index in [1.165, 1.54) is 109 Å². The van der Waals surface area contributed by atoms with Crippen LogP contribution in [0.25, 0.3) is 29.3 Å². The van der Waals surface area contributed by atoms with Crippen molar-refractivity contribution < 1.29 is 19.5 Å². The Hall–Kier alpha value is -5.01. The van der Waals surface area contributed by atoms with Crippen molar-refractivity contribution in [3.05, 3.63) is 118 Å². The summed E-state index contributed by atoms with van der Waals surface area (Å²) >= 11 is 0. The van der Waals surface area contributed by atoms with Gasteiger partial charge in [-0.25, -0.2) is 9.13 Å². The molecule has 0 radical (unpaired) electrons. The average Bonchev–Trinajstić information content (AvgIpc) is 3.61. The van der Waals surface area contributed by atoms with Gasteiger partial charge >= 0.3 is 0 Å². The monoisotopic (exact) mass is 910 g/mol. The number of nitrogens with zero attached hydrogens (tertiary/aromatic N) is 5. The number of hydrogen-bond donors (Lipinski definition) is 3. The zero-order chi connectivity index (χ0) is 44.5.